The van der Waals surface area contributed by atoms with Crippen molar-refractivity contribution in [2.75, 3.05) is 27.3 Å². The maximum atomic E-state index is 13.5. The molecule has 2 fully saturated rings. The van der Waals surface area contributed by atoms with Gasteiger partial charge < -0.3 is 39.9 Å². The van der Waals surface area contributed by atoms with Crippen LogP contribution in [0.1, 0.15) is 77.1 Å². The normalized spacial score (nSPS) is 17.9. The summed E-state index contributed by atoms with van der Waals surface area (Å²) in [6.45, 7) is 8.77. The number of alkyl carbamates (subject to hydrolysis) is 2. The summed E-state index contributed by atoms with van der Waals surface area (Å²) in [6, 6.07) is 10.6. The van der Waals surface area contributed by atoms with Gasteiger partial charge in [0.2, 0.25) is 11.8 Å². The second kappa shape index (κ2) is 18.0. The highest BCUT2D eigenvalue weighted by atomic mass is 35.5. The quantitative estimate of drug-likeness (QED) is 0.140. The van der Waals surface area contributed by atoms with E-state index in [0.29, 0.717) is 24.7 Å². The highest BCUT2D eigenvalue weighted by Gasteiger charge is 2.39. The molecule has 4 aromatic rings. The summed E-state index contributed by atoms with van der Waals surface area (Å²) in [7, 11) is 2.57. The Kier molecular flexibility index (Phi) is 14.0. The number of likely N-dealkylation sites (tertiary alicyclic amines) is 2. The van der Waals surface area contributed by atoms with Crippen LogP contribution in [-0.2, 0) is 19.1 Å². The lowest BCUT2D eigenvalue weighted by Crippen LogP contribution is -2.51. The standard InChI is InChI=1S/C38H48N8O6.2ClH/c1-21(2)31(43-37(49)51-5)35(47)45-15-7-9-29(45)33-39-19-27(41-33)25-13-11-24-18-26(14-12-23(24)17-25)28-20-40-34(42-28)30-10-8-16-46(30)36(48)32(22(3)4)44-38(50)52-6;;/h11-14,17-22,29-32H,7-10,15-16H2,1-6H3,(H,39,41)(H,40,42)(H,43,49)(H,44,50);2*1H/t29-,30-,31-,32-;;/m0../s1. The molecule has 0 unspecified atom stereocenters. The van der Waals surface area contributed by atoms with Crippen LogP contribution in [0.3, 0.4) is 0 Å². The minimum Gasteiger partial charge on any atom is -0.453 e. The van der Waals surface area contributed by atoms with Gasteiger partial charge in [-0.15, -0.1) is 24.8 Å². The molecule has 0 bridgehead atoms. The molecule has 14 nitrogen and oxygen atoms in total. The average molecular weight is 786 g/mol. The third kappa shape index (κ3) is 8.76. The van der Waals surface area contributed by atoms with E-state index in [9.17, 15) is 19.2 Å². The first kappa shape index (κ1) is 41.9. The Morgan fingerprint density at radius 3 is 1.43 bits per heavy atom. The number of ether oxygens (including phenoxy) is 2. The van der Waals surface area contributed by atoms with Crippen molar-refractivity contribution in [2.45, 2.75) is 77.5 Å². The third-order valence-electron chi connectivity index (χ3n) is 10.1. The van der Waals surface area contributed by atoms with Crippen molar-refractivity contribution in [3.63, 3.8) is 0 Å². The van der Waals surface area contributed by atoms with E-state index in [1.54, 1.807) is 22.2 Å². The molecule has 2 aromatic carbocycles. The Morgan fingerprint density at radius 2 is 1.07 bits per heavy atom. The lowest BCUT2D eigenvalue weighted by molar-refractivity contribution is -0.136. The third-order valence-corrected chi connectivity index (χ3v) is 10.1. The number of carbonyl (C=O) groups is 4. The monoisotopic (exact) mass is 784 g/mol. The second-order valence-electron chi connectivity index (χ2n) is 14.2. The Labute approximate surface area is 327 Å². The number of carbonyl (C=O) groups excluding carboxylic acids is 4. The number of aromatic nitrogens is 4. The fourth-order valence-corrected chi connectivity index (χ4v) is 7.27. The van der Waals surface area contributed by atoms with Crippen molar-refractivity contribution in [1.29, 1.82) is 0 Å². The highest BCUT2D eigenvalue weighted by Crippen LogP contribution is 2.35. The molecule has 6 rings (SSSR count). The van der Waals surface area contributed by atoms with Gasteiger partial charge in [0.15, 0.2) is 0 Å². The van der Waals surface area contributed by atoms with Crippen molar-refractivity contribution < 1.29 is 28.7 Å². The molecular formula is C38H50Cl2N8O6. The number of nitrogens with zero attached hydrogens (tertiary/aromatic N) is 4. The molecule has 0 spiro atoms. The molecule has 2 saturated heterocycles. The van der Waals surface area contributed by atoms with E-state index < -0.39 is 24.3 Å². The SMILES string of the molecule is COC(=O)N[C@H](C(=O)N1CCC[C@H]1c1ncc(-c2ccc3cc(-c4cnc([C@@H]5CCCN5C(=O)[C@@H](NC(=O)OC)C(C)C)[nH]4)ccc3c2)[nH]1)C(C)C.Cl.Cl. The number of halogens is 2. The van der Waals surface area contributed by atoms with Gasteiger partial charge in [0.1, 0.15) is 23.7 Å². The number of amides is 4. The molecule has 16 heteroatoms. The van der Waals surface area contributed by atoms with E-state index in [4.69, 9.17) is 9.47 Å². The van der Waals surface area contributed by atoms with Crippen LogP contribution in [0.2, 0.25) is 0 Å². The zero-order valence-corrected chi connectivity index (χ0v) is 33.0. The van der Waals surface area contributed by atoms with Gasteiger partial charge in [-0.05, 0) is 60.4 Å². The molecule has 0 aliphatic carbocycles. The van der Waals surface area contributed by atoms with Crippen molar-refractivity contribution >= 4 is 59.6 Å². The van der Waals surface area contributed by atoms with E-state index in [-0.39, 0.29) is 60.5 Å². The maximum absolute atomic E-state index is 13.5. The lowest BCUT2D eigenvalue weighted by atomic mass is 10.0. The van der Waals surface area contributed by atoms with Crippen molar-refractivity contribution in [3.05, 3.63) is 60.4 Å². The summed E-state index contributed by atoms with van der Waals surface area (Å²) in [4.78, 5) is 70.9. The molecule has 292 valence electrons. The van der Waals surface area contributed by atoms with E-state index in [2.05, 4.69) is 54.8 Å². The number of fused-ring (bicyclic) bond motifs is 1. The minimum absolute atomic E-state index is 0. The van der Waals surface area contributed by atoms with Crippen LogP contribution in [0, 0.1) is 11.8 Å². The van der Waals surface area contributed by atoms with E-state index >= 15 is 0 Å². The Hall–Kier alpha value is -4.82. The fourth-order valence-electron chi connectivity index (χ4n) is 7.27. The average Bonchev–Trinajstić information content (AvgIpc) is 3.97. The first-order valence-electron chi connectivity index (χ1n) is 17.9. The van der Waals surface area contributed by atoms with Crippen molar-refractivity contribution in [2.24, 2.45) is 11.8 Å². The fraction of sp³-hybridized carbons (Fsp3) is 0.474. The van der Waals surface area contributed by atoms with Gasteiger partial charge in [-0.1, -0.05) is 52.0 Å². The Bertz CT molecular complexity index is 1810. The number of hydrogen-bond acceptors (Lipinski definition) is 8. The molecule has 0 radical (unpaired) electrons. The summed E-state index contributed by atoms with van der Waals surface area (Å²) < 4.78 is 9.51. The van der Waals surface area contributed by atoms with Crippen molar-refractivity contribution in [3.8, 4) is 22.5 Å². The van der Waals surface area contributed by atoms with Crippen molar-refractivity contribution in [1.82, 2.24) is 40.4 Å². The Morgan fingerprint density at radius 1 is 0.685 bits per heavy atom. The number of imidazole rings is 2. The topological polar surface area (TPSA) is 175 Å². The van der Waals surface area contributed by atoms with Crippen LogP contribution in [0.5, 0.6) is 0 Å². The number of H-pyrrole nitrogens is 2. The number of hydrogen-bond donors (Lipinski definition) is 4. The van der Waals surface area contributed by atoms with E-state index in [1.165, 1.54) is 14.2 Å². The van der Waals surface area contributed by atoms with Gasteiger partial charge in [-0.3, -0.25) is 9.59 Å². The number of nitrogens with one attached hydrogen (secondary N) is 4. The highest BCUT2D eigenvalue weighted by molar-refractivity contribution is 5.90. The molecule has 54 heavy (non-hydrogen) atoms. The number of aromatic amines is 2. The van der Waals surface area contributed by atoms with Crippen LogP contribution in [0.15, 0.2) is 48.8 Å². The zero-order valence-electron chi connectivity index (χ0n) is 31.4. The molecule has 4 atom stereocenters. The molecule has 4 amide bonds. The summed E-state index contributed by atoms with van der Waals surface area (Å²) in [5, 5.41) is 7.49. The van der Waals surface area contributed by atoms with Gasteiger partial charge in [0, 0.05) is 24.2 Å². The van der Waals surface area contributed by atoms with Crippen LogP contribution in [-0.4, -0.2) is 93.1 Å². The summed E-state index contributed by atoms with van der Waals surface area (Å²) >= 11 is 0. The maximum Gasteiger partial charge on any atom is 0.407 e. The van der Waals surface area contributed by atoms with Gasteiger partial charge >= 0.3 is 12.2 Å². The summed E-state index contributed by atoms with van der Waals surface area (Å²) in [5.74, 6) is 0.926. The smallest absolute Gasteiger partial charge is 0.407 e. The molecule has 0 saturated carbocycles. The molecule has 4 N–H and O–H groups in total. The molecule has 2 aliphatic heterocycles. The summed E-state index contributed by atoms with van der Waals surface area (Å²) in [6.07, 6.45) is 5.59. The predicted molar refractivity (Wildman–Crippen MR) is 209 cm³/mol. The van der Waals surface area contributed by atoms with Gasteiger partial charge in [0.25, 0.3) is 0 Å². The van der Waals surface area contributed by atoms with Crippen LogP contribution >= 0.6 is 24.8 Å². The number of methoxy groups -OCH3 is 2. The van der Waals surface area contributed by atoms with Gasteiger partial charge in [0.05, 0.1) is 50.1 Å². The van der Waals surface area contributed by atoms with Crippen LogP contribution < -0.4 is 10.6 Å². The first-order chi connectivity index (χ1) is 25.0. The van der Waals surface area contributed by atoms with Gasteiger partial charge in [-0.2, -0.15) is 0 Å². The lowest BCUT2D eigenvalue weighted by Gasteiger charge is -2.30. The number of rotatable bonds is 10. The molecule has 2 aromatic heterocycles. The molecular weight excluding hydrogens is 735 g/mol. The minimum atomic E-state index is -0.692. The van der Waals surface area contributed by atoms with Crippen LogP contribution in [0.4, 0.5) is 9.59 Å². The largest absolute Gasteiger partial charge is 0.453 e. The first-order valence-corrected chi connectivity index (χ1v) is 17.9. The number of benzene rings is 2. The van der Waals surface area contributed by atoms with Gasteiger partial charge in [-0.25, -0.2) is 19.6 Å². The zero-order chi connectivity index (χ0) is 37.1. The Balaban J connectivity index is 0.00000325. The van der Waals surface area contributed by atoms with Crippen LogP contribution in [0.25, 0.3) is 33.3 Å². The van der Waals surface area contributed by atoms with E-state index in [0.717, 1.165) is 59.0 Å². The summed E-state index contributed by atoms with van der Waals surface area (Å²) in [5.41, 5.74) is 3.64. The molecule has 4 heterocycles. The second-order valence-corrected chi connectivity index (χ2v) is 14.2. The molecule has 2 aliphatic rings. The van der Waals surface area contributed by atoms with E-state index in [1.807, 2.05) is 39.8 Å². The predicted octanol–water partition coefficient (Wildman–Crippen LogP) is 6.55.